The lowest BCUT2D eigenvalue weighted by atomic mass is 10.3. The number of rotatable bonds is 1. The topological polar surface area (TPSA) is 32.3 Å². The third-order valence-corrected chi connectivity index (χ3v) is 4.85. The van der Waals surface area contributed by atoms with Crippen molar-refractivity contribution in [3.05, 3.63) is 16.5 Å². The van der Waals surface area contributed by atoms with E-state index >= 15 is 0 Å². The monoisotopic (exact) mass is 242 g/mol. The Balaban J connectivity index is 2.27. The molecule has 1 aromatic heterocycles. The van der Waals surface area contributed by atoms with Crippen molar-refractivity contribution in [1.29, 1.82) is 0 Å². The Labute approximate surface area is 97.8 Å². The molecular weight excluding hydrogens is 228 g/mol. The number of thioether (sulfide) groups is 1. The van der Waals surface area contributed by atoms with Crippen molar-refractivity contribution >= 4 is 29.0 Å². The van der Waals surface area contributed by atoms with Crippen LogP contribution in [0.5, 0.6) is 0 Å². The third-order valence-electron chi connectivity index (χ3n) is 2.37. The Bertz CT molecular complexity index is 375. The number of carbonyl (C=O) groups excluding carboxylic acids is 1. The van der Waals surface area contributed by atoms with E-state index in [-0.39, 0.29) is 5.91 Å². The smallest absolute Gasteiger partial charge is 0.261 e. The molecule has 1 aromatic rings. The molecule has 0 unspecified atom stereocenters. The molecule has 5 heteroatoms. The minimum absolute atomic E-state index is 0.0244. The van der Waals surface area contributed by atoms with Crippen LogP contribution in [-0.2, 0) is 6.54 Å². The fourth-order valence-corrected chi connectivity index (χ4v) is 4.05. The predicted molar refractivity (Wildman–Crippen MR) is 64.8 cm³/mol. The Morgan fingerprint density at radius 3 is 3.13 bits per heavy atom. The summed E-state index contributed by atoms with van der Waals surface area (Å²) in [5.74, 6) is 1.13. The molecular formula is C10H14N2OS2. The van der Waals surface area contributed by atoms with E-state index in [9.17, 15) is 4.79 Å². The lowest BCUT2D eigenvalue weighted by molar-refractivity contribution is 0.0967. The average Bonchev–Trinajstić information content (AvgIpc) is 2.53. The molecule has 0 radical (unpaired) electrons. The zero-order chi connectivity index (χ0) is 10.8. The highest BCUT2D eigenvalue weighted by Gasteiger charge is 2.17. The van der Waals surface area contributed by atoms with Gasteiger partial charge in [0.2, 0.25) is 0 Å². The van der Waals surface area contributed by atoms with E-state index < -0.39 is 0 Å². The molecule has 2 heterocycles. The highest BCUT2D eigenvalue weighted by molar-refractivity contribution is 8.01. The summed E-state index contributed by atoms with van der Waals surface area (Å²) in [7, 11) is 3.79. The molecule has 1 aliphatic heterocycles. The standard InChI is InChI=1S/C10H14N2OS2/c1-11-9(13)8-5-7-6-12(2)3-4-14-10(7)15-8/h5H,3-4,6H2,1-2H3,(H,11,13). The number of fused-ring (bicyclic) bond motifs is 1. The minimum Gasteiger partial charge on any atom is -0.354 e. The molecule has 0 atom stereocenters. The fraction of sp³-hybridized carbons (Fsp3) is 0.500. The molecule has 0 fully saturated rings. The number of amides is 1. The van der Waals surface area contributed by atoms with E-state index in [0.29, 0.717) is 0 Å². The van der Waals surface area contributed by atoms with Gasteiger partial charge < -0.3 is 10.2 Å². The molecule has 15 heavy (non-hydrogen) atoms. The van der Waals surface area contributed by atoms with E-state index in [1.807, 2.05) is 17.8 Å². The summed E-state index contributed by atoms with van der Waals surface area (Å²) in [5, 5.41) is 2.67. The van der Waals surface area contributed by atoms with E-state index in [1.54, 1.807) is 18.4 Å². The van der Waals surface area contributed by atoms with Gasteiger partial charge in [0, 0.05) is 25.9 Å². The highest BCUT2D eigenvalue weighted by atomic mass is 32.2. The first kappa shape index (κ1) is 11.0. The van der Waals surface area contributed by atoms with Gasteiger partial charge in [-0.1, -0.05) is 0 Å². The number of hydrogen-bond donors (Lipinski definition) is 1. The van der Waals surface area contributed by atoms with Crippen molar-refractivity contribution in [2.45, 2.75) is 10.8 Å². The maximum atomic E-state index is 11.5. The summed E-state index contributed by atoms with van der Waals surface area (Å²) in [6.07, 6.45) is 0. The SMILES string of the molecule is CNC(=O)c1cc2c(s1)SCCN(C)C2. The van der Waals surface area contributed by atoms with Crippen LogP contribution >= 0.6 is 23.1 Å². The van der Waals surface area contributed by atoms with Crippen LogP contribution in [0.3, 0.4) is 0 Å². The highest BCUT2D eigenvalue weighted by Crippen LogP contribution is 2.34. The average molecular weight is 242 g/mol. The molecule has 0 spiro atoms. The van der Waals surface area contributed by atoms with Crippen LogP contribution in [0.25, 0.3) is 0 Å². The van der Waals surface area contributed by atoms with Gasteiger partial charge in [0.25, 0.3) is 5.91 Å². The van der Waals surface area contributed by atoms with E-state index in [2.05, 4.69) is 17.3 Å². The minimum atomic E-state index is 0.0244. The number of hydrogen-bond acceptors (Lipinski definition) is 4. The van der Waals surface area contributed by atoms with Crippen LogP contribution in [0.2, 0.25) is 0 Å². The van der Waals surface area contributed by atoms with Crippen LogP contribution in [0.4, 0.5) is 0 Å². The maximum absolute atomic E-state index is 11.5. The van der Waals surface area contributed by atoms with E-state index in [1.165, 1.54) is 9.77 Å². The number of nitrogens with one attached hydrogen (secondary N) is 1. The van der Waals surface area contributed by atoms with Crippen molar-refractivity contribution in [2.75, 3.05) is 26.4 Å². The van der Waals surface area contributed by atoms with Gasteiger partial charge in [-0.3, -0.25) is 4.79 Å². The third kappa shape index (κ3) is 2.35. The predicted octanol–water partition coefficient (Wildman–Crippen LogP) is 1.65. The lowest BCUT2D eigenvalue weighted by Gasteiger charge is -2.11. The van der Waals surface area contributed by atoms with Crippen LogP contribution in [0.15, 0.2) is 10.3 Å². The molecule has 0 aromatic carbocycles. The quantitative estimate of drug-likeness (QED) is 0.812. The van der Waals surface area contributed by atoms with Gasteiger partial charge in [0.05, 0.1) is 9.09 Å². The Morgan fingerprint density at radius 1 is 1.60 bits per heavy atom. The second-order valence-electron chi connectivity index (χ2n) is 3.59. The summed E-state index contributed by atoms with van der Waals surface area (Å²) in [5.41, 5.74) is 1.30. The second kappa shape index (κ2) is 4.55. The van der Waals surface area contributed by atoms with Gasteiger partial charge >= 0.3 is 0 Å². The molecule has 0 saturated carbocycles. The summed E-state index contributed by atoms with van der Waals surface area (Å²) in [6.45, 7) is 2.07. The summed E-state index contributed by atoms with van der Waals surface area (Å²) < 4.78 is 1.30. The Hall–Kier alpha value is -0.520. The van der Waals surface area contributed by atoms with Gasteiger partial charge in [-0.15, -0.1) is 23.1 Å². The van der Waals surface area contributed by atoms with E-state index in [4.69, 9.17) is 0 Å². The molecule has 0 aliphatic carbocycles. The van der Waals surface area contributed by atoms with Crippen molar-refractivity contribution in [3.8, 4) is 0 Å². The van der Waals surface area contributed by atoms with Gasteiger partial charge in [-0.2, -0.15) is 0 Å². The molecule has 2 rings (SSSR count). The van der Waals surface area contributed by atoms with Gasteiger partial charge in [-0.25, -0.2) is 0 Å². The number of carbonyl (C=O) groups is 1. The van der Waals surface area contributed by atoms with E-state index in [0.717, 1.165) is 23.7 Å². The first-order valence-electron chi connectivity index (χ1n) is 4.87. The first-order valence-corrected chi connectivity index (χ1v) is 6.67. The molecule has 1 aliphatic rings. The van der Waals surface area contributed by atoms with Crippen LogP contribution < -0.4 is 5.32 Å². The largest absolute Gasteiger partial charge is 0.354 e. The molecule has 82 valence electrons. The van der Waals surface area contributed by atoms with Crippen molar-refractivity contribution in [3.63, 3.8) is 0 Å². The molecule has 0 bridgehead atoms. The molecule has 1 N–H and O–H groups in total. The zero-order valence-corrected chi connectivity index (χ0v) is 10.5. The summed E-state index contributed by atoms with van der Waals surface area (Å²) in [4.78, 5) is 14.6. The Kier molecular flexibility index (Phi) is 3.33. The normalized spacial score (nSPS) is 16.9. The number of nitrogens with zero attached hydrogens (tertiary/aromatic N) is 1. The van der Waals surface area contributed by atoms with Crippen LogP contribution in [-0.4, -0.2) is 37.2 Å². The maximum Gasteiger partial charge on any atom is 0.261 e. The van der Waals surface area contributed by atoms with Gasteiger partial charge in [0.15, 0.2) is 0 Å². The first-order chi connectivity index (χ1) is 7.20. The van der Waals surface area contributed by atoms with Crippen molar-refractivity contribution in [2.24, 2.45) is 0 Å². The molecule has 0 saturated heterocycles. The molecule has 3 nitrogen and oxygen atoms in total. The lowest BCUT2D eigenvalue weighted by Crippen LogP contribution is -2.19. The Morgan fingerprint density at radius 2 is 2.40 bits per heavy atom. The van der Waals surface area contributed by atoms with Gasteiger partial charge in [-0.05, 0) is 18.7 Å². The number of thiophene rings is 1. The van der Waals surface area contributed by atoms with Crippen LogP contribution in [0.1, 0.15) is 15.2 Å². The second-order valence-corrected chi connectivity index (χ2v) is 6.00. The fourth-order valence-electron chi connectivity index (χ4n) is 1.54. The zero-order valence-electron chi connectivity index (χ0n) is 8.87. The van der Waals surface area contributed by atoms with Gasteiger partial charge in [0.1, 0.15) is 0 Å². The molecule has 1 amide bonds. The summed E-state index contributed by atoms with van der Waals surface area (Å²) in [6, 6.07) is 2.02. The summed E-state index contributed by atoms with van der Waals surface area (Å²) >= 11 is 3.47. The van der Waals surface area contributed by atoms with Crippen molar-refractivity contribution in [1.82, 2.24) is 10.2 Å². The van der Waals surface area contributed by atoms with Crippen molar-refractivity contribution < 1.29 is 4.79 Å². The van der Waals surface area contributed by atoms with Crippen LogP contribution in [0, 0.1) is 0 Å².